The lowest BCUT2D eigenvalue weighted by Gasteiger charge is -2.29. The fraction of sp³-hybridized carbons (Fsp3) is 0.500. The van der Waals surface area contributed by atoms with Crippen LogP contribution in [0.5, 0.6) is 0 Å². The van der Waals surface area contributed by atoms with Gasteiger partial charge in [-0.1, -0.05) is 15.9 Å². The number of rotatable bonds is 2. The minimum Gasteiger partial charge on any atom is -0.381 e. The smallest absolute Gasteiger partial charge is 0.223 e. The Hall–Kier alpha value is -1.20. The molecule has 1 saturated heterocycles. The lowest BCUT2D eigenvalue weighted by atomic mass is 9.93. The Bertz CT molecular complexity index is 593. The summed E-state index contributed by atoms with van der Waals surface area (Å²) in [5.41, 5.74) is 2.68. The van der Waals surface area contributed by atoms with Crippen LogP contribution in [-0.4, -0.2) is 31.4 Å². The van der Waals surface area contributed by atoms with Crippen LogP contribution in [0.15, 0.2) is 16.6 Å². The molecule has 0 spiro atoms. The van der Waals surface area contributed by atoms with Gasteiger partial charge in [0.05, 0.1) is 6.61 Å². The number of carbonyl (C=O) groups excluding carboxylic acids is 2. The summed E-state index contributed by atoms with van der Waals surface area (Å²) in [7, 11) is 0. The molecule has 21 heavy (non-hydrogen) atoms. The Balaban J connectivity index is 2.00. The van der Waals surface area contributed by atoms with Gasteiger partial charge in [0.15, 0.2) is 5.78 Å². The zero-order valence-electron chi connectivity index (χ0n) is 12.0. The number of hydrogen-bond donors (Lipinski definition) is 0. The van der Waals surface area contributed by atoms with E-state index in [9.17, 15) is 9.59 Å². The van der Waals surface area contributed by atoms with Gasteiger partial charge in [-0.05, 0) is 37.0 Å². The molecule has 2 heterocycles. The fourth-order valence-corrected chi connectivity index (χ4v) is 3.67. The second kappa shape index (κ2) is 5.89. The summed E-state index contributed by atoms with van der Waals surface area (Å²) < 4.78 is 6.13. The molecule has 0 aromatic heterocycles. The average Bonchev–Trinajstić information content (AvgIpc) is 2.99. The first kappa shape index (κ1) is 14.7. The number of aryl methyl sites for hydroxylation is 1. The van der Waals surface area contributed by atoms with Gasteiger partial charge in [0, 0.05) is 41.7 Å². The summed E-state index contributed by atoms with van der Waals surface area (Å²) >= 11 is 3.51. The molecule has 2 aliphatic rings. The van der Waals surface area contributed by atoms with Gasteiger partial charge in [0.2, 0.25) is 5.91 Å². The Labute approximate surface area is 132 Å². The predicted octanol–water partition coefficient (Wildman–Crippen LogP) is 2.97. The SMILES string of the molecule is CC(=O)N1CCCc2cc(Br)c(C(=O)C3CCOC3)cc21. The third-order valence-electron chi connectivity index (χ3n) is 4.23. The number of ether oxygens (including phenoxy) is 1. The highest BCUT2D eigenvalue weighted by atomic mass is 79.9. The topological polar surface area (TPSA) is 46.6 Å². The molecule has 1 atom stereocenters. The molecule has 0 saturated carbocycles. The Morgan fingerprint density at radius 3 is 2.86 bits per heavy atom. The predicted molar refractivity (Wildman–Crippen MR) is 83.7 cm³/mol. The second-order valence-electron chi connectivity index (χ2n) is 5.66. The number of fused-ring (bicyclic) bond motifs is 1. The van der Waals surface area contributed by atoms with Gasteiger partial charge >= 0.3 is 0 Å². The summed E-state index contributed by atoms with van der Waals surface area (Å²) in [6.07, 6.45) is 2.68. The Kier molecular flexibility index (Phi) is 4.13. The van der Waals surface area contributed by atoms with Crippen LogP contribution < -0.4 is 4.90 Å². The van der Waals surface area contributed by atoms with E-state index in [1.807, 2.05) is 12.1 Å². The normalized spacial score (nSPS) is 21.2. The monoisotopic (exact) mass is 351 g/mol. The second-order valence-corrected chi connectivity index (χ2v) is 6.51. The maximum atomic E-state index is 12.6. The number of Topliss-reactive ketones (excluding diaryl/α,β-unsaturated/α-hetero) is 1. The molecule has 5 heteroatoms. The Morgan fingerprint density at radius 2 is 2.19 bits per heavy atom. The van der Waals surface area contributed by atoms with Crippen molar-refractivity contribution in [3.8, 4) is 0 Å². The van der Waals surface area contributed by atoms with Crippen LogP contribution in [0, 0.1) is 5.92 Å². The summed E-state index contributed by atoms with van der Waals surface area (Å²) in [5, 5.41) is 0. The van der Waals surface area contributed by atoms with E-state index >= 15 is 0 Å². The third-order valence-corrected chi connectivity index (χ3v) is 4.89. The molecule has 1 amide bonds. The van der Waals surface area contributed by atoms with Crippen LogP contribution in [-0.2, 0) is 16.0 Å². The van der Waals surface area contributed by atoms with Gasteiger partial charge < -0.3 is 9.64 Å². The molecule has 3 rings (SSSR count). The molecule has 0 radical (unpaired) electrons. The highest BCUT2D eigenvalue weighted by Crippen LogP contribution is 2.34. The van der Waals surface area contributed by atoms with E-state index in [1.165, 1.54) is 0 Å². The highest BCUT2D eigenvalue weighted by molar-refractivity contribution is 9.10. The van der Waals surface area contributed by atoms with Crippen molar-refractivity contribution >= 4 is 33.3 Å². The minimum atomic E-state index is -0.0614. The molecule has 1 aromatic rings. The lowest BCUT2D eigenvalue weighted by molar-refractivity contribution is -0.116. The third kappa shape index (κ3) is 2.77. The van der Waals surface area contributed by atoms with Gasteiger partial charge in [-0.3, -0.25) is 9.59 Å². The van der Waals surface area contributed by atoms with E-state index in [-0.39, 0.29) is 17.6 Å². The number of nitrogens with zero attached hydrogens (tertiary/aromatic N) is 1. The number of halogens is 1. The number of hydrogen-bond acceptors (Lipinski definition) is 3. The van der Waals surface area contributed by atoms with E-state index in [0.29, 0.717) is 18.8 Å². The number of ketones is 1. The van der Waals surface area contributed by atoms with Crippen molar-refractivity contribution in [1.29, 1.82) is 0 Å². The first-order chi connectivity index (χ1) is 10.1. The summed E-state index contributed by atoms with van der Waals surface area (Å²) in [4.78, 5) is 26.2. The van der Waals surface area contributed by atoms with Crippen molar-refractivity contribution in [2.24, 2.45) is 5.92 Å². The van der Waals surface area contributed by atoms with Gasteiger partial charge in [-0.2, -0.15) is 0 Å². The van der Waals surface area contributed by atoms with Gasteiger partial charge in [-0.15, -0.1) is 0 Å². The minimum absolute atomic E-state index is 0.0286. The fourth-order valence-electron chi connectivity index (χ4n) is 3.08. The van der Waals surface area contributed by atoms with E-state index in [2.05, 4.69) is 15.9 Å². The number of carbonyl (C=O) groups is 2. The maximum Gasteiger partial charge on any atom is 0.223 e. The first-order valence-corrected chi connectivity index (χ1v) is 8.09. The quantitative estimate of drug-likeness (QED) is 0.769. The van der Waals surface area contributed by atoms with Gasteiger partial charge in [-0.25, -0.2) is 0 Å². The molecule has 112 valence electrons. The molecule has 0 bridgehead atoms. The van der Waals surface area contributed by atoms with Crippen molar-refractivity contribution in [3.05, 3.63) is 27.7 Å². The van der Waals surface area contributed by atoms with Crippen LogP contribution >= 0.6 is 15.9 Å². The molecular weight excluding hydrogens is 334 g/mol. The molecule has 0 N–H and O–H groups in total. The van der Waals surface area contributed by atoms with Gasteiger partial charge in [0.1, 0.15) is 0 Å². The molecule has 0 aliphatic carbocycles. The summed E-state index contributed by atoms with van der Waals surface area (Å²) in [6.45, 7) is 3.45. The van der Waals surface area contributed by atoms with Crippen LogP contribution in [0.2, 0.25) is 0 Å². The van der Waals surface area contributed by atoms with Crippen molar-refractivity contribution in [3.63, 3.8) is 0 Å². The van der Waals surface area contributed by atoms with Crippen LogP contribution in [0.4, 0.5) is 5.69 Å². The summed E-state index contributed by atoms with van der Waals surface area (Å²) in [6, 6.07) is 3.87. The average molecular weight is 352 g/mol. The molecule has 1 aromatic carbocycles. The zero-order valence-corrected chi connectivity index (χ0v) is 13.6. The van der Waals surface area contributed by atoms with E-state index in [4.69, 9.17) is 4.74 Å². The molecule has 2 aliphatic heterocycles. The van der Waals surface area contributed by atoms with Crippen molar-refractivity contribution < 1.29 is 14.3 Å². The van der Waals surface area contributed by atoms with Crippen LogP contribution in [0.1, 0.15) is 35.7 Å². The molecule has 1 fully saturated rings. The summed E-state index contributed by atoms with van der Waals surface area (Å²) in [5.74, 6) is 0.0749. The van der Waals surface area contributed by atoms with Crippen molar-refractivity contribution in [1.82, 2.24) is 0 Å². The molecule has 4 nitrogen and oxygen atoms in total. The first-order valence-electron chi connectivity index (χ1n) is 7.30. The molecular formula is C16H18BrNO3. The standard InChI is InChI=1S/C16H18BrNO3/c1-10(19)18-5-2-3-11-7-14(17)13(8-15(11)18)16(20)12-4-6-21-9-12/h7-8,12H,2-6,9H2,1H3. The van der Waals surface area contributed by atoms with Crippen LogP contribution in [0.3, 0.4) is 0 Å². The molecule has 1 unspecified atom stereocenters. The zero-order chi connectivity index (χ0) is 15.0. The van der Waals surface area contributed by atoms with E-state index in [1.54, 1.807) is 11.8 Å². The van der Waals surface area contributed by atoms with Crippen molar-refractivity contribution in [2.45, 2.75) is 26.2 Å². The lowest BCUT2D eigenvalue weighted by Crippen LogP contribution is -2.34. The van der Waals surface area contributed by atoms with Crippen LogP contribution in [0.25, 0.3) is 0 Å². The maximum absolute atomic E-state index is 12.6. The number of benzene rings is 1. The van der Waals surface area contributed by atoms with E-state index < -0.39 is 0 Å². The van der Waals surface area contributed by atoms with Crippen molar-refractivity contribution in [2.75, 3.05) is 24.7 Å². The van der Waals surface area contributed by atoms with Gasteiger partial charge in [0.25, 0.3) is 0 Å². The number of amides is 1. The number of anilines is 1. The highest BCUT2D eigenvalue weighted by Gasteiger charge is 2.28. The van der Waals surface area contributed by atoms with E-state index in [0.717, 1.165) is 41.5 Å². The Morgan fingerprint density at radius 1 is 1.38 bits per heavy atom. The largest absolute Gasteiger partial charge is 0.381 e.